The van der Waals surface area contributed by atoms with Gasteiger partial charge in [-0.15, -0.1) is 5.10 Å². The van der Waals surface area contributed by atoms with Crippen LogP contribution in [0, 0.1) is 13.8 Å². The molecule has 0 aliphatic rings. The molecule has 9 heteroatoms. The molecule has 1 amide bonds. The van der Waals surface area contributed by atoms with Gasteiger partial charge in [-0.2, -0.15) is 4.98 Å². The van der Waals surface area contributed by atoms with Crippen LogP contribution in [0.1, 0.15) is 31.1 Å². The smallest absolute Gasteiger partial charge is 0.252 e. The SMILES string of the molecule is CCN(CC)CCn1c(NC(=O)Cc2nc3nc(C)cc(C)n3n2)nc2ccccc21. The Morgan fingerprint density at radius 2 is 1.87 bits per heavy atom. The Hall–Kier alpha value is -3.33. The van der Waals surface area contributed by atoms with Gasteiger partial charge in [0.2, 0.25) is 11.9 Å². The van der Waals surface area contributed by atoms with E-state index in [0.717, 1.165) is 48.6 Å². The van der Waals surface area contributed by atoms with Crippen LogP contribution in [0.2, 0.25) is 0 Å². The lowest BCUT2D eigenvalue weighted by Gasteiger charge is -2.19. The van der Waals surface area contributed by atoms with Gasteiger partial charge in [-0.1, -0.05) is 26.0 Å². The second-order valence-corrected chi connectivity index (χ2v) is 7.61. The number of imidazole rings is 1. The molecule has 1 N–H and O–H groups in total. The molecule has 4 aromatic rings. The number of para-hydroxylation sites is 2. The van der Waals surface area contributed by atoms with E-state index in [4.69, 9.17) is 0 Å². The third kappa shape index (κ3) is 4.41. The molecule has 0 aliphatic heterocycles. The van der Waals surface area contributed by atoms with Crippen molar-refractivity contribution < 1.29 is 4.79 Å². The van der Waals surface area contributed by atoms with Crippen LogP contribution >= 0.6 is 0 Å². The molecule has 4 rings (SSSR count). The lowest BCUT2D eigenvalue weighted by molar-refractivity contribution is -0.115. The number of aryl methyl sites for hydroxylation is 2. The fourth-order valence-corrected chi connectivity index (χ4v) is 3.77. The standard InChI is InChI=1S/C22H28N8O/c1-5-28(6-2)11-12-29-18-10-8-7-9-17(18)24-21(29)26-20(31)14-19-25-22-23-15(3)13-16(4)30(22)27-19/h7-10,13H,5-6,11-12,14H2,1-4H3,(H,24,26,31). The number of carbonyl (C=O) groups excluding carboxylic acids is 1. The molecule has 0 atom stereocenters. The van der Waals surface area contributed by atoms with Crippen molar-refractivity contribution >= 4 is 28.7 Å². The van der Waals surface area contributed by atoms with E-state index in [1.165, 1.54) is 0 Å². The Balaban J connectivity index is 1.55. The molecule has 0 fully saturated rings. The quantitative estimate of drug-likeness (QED) is 0.471. The summed E-state index contributed by atoms with van der Waals surface area (Å²) in [6, 6.07) is 9.86. The molecule has 0 saturated carbocycles. The fourth-order valence-electron chi connectivity index (χ4n) is 3.77. The van der Waals surface area contributed by atoms with E-state index >= 15 is 0 Å². The van der Waals surface area contributed by atoms with Crippen LogP contribution < -0.4 is 5.32 Å². The third-order valence-corrected chi connectivity index (χ3v) is 5.42. The normalized spacial score (nSPS) is 11.6. The van der Waals surface area contributed by atoms with Gasteiger partial charge < -0.3 is 9.47 Å². The van der Waals surface area contributed by atoms with Crippen molar-refractivity contribution in [2.75, 3.05) is 25.0 Å². The van der Waals surface area contributed by atoms with Gasteiger partial charge in [0.05, 0.1) is 17.5 Å². The number of likely N-dealkylation sites (N-methyl/N-ethyl adjacent to an activating group) is 1. The Kier molecular flexibility index (Phi) is 5.94. The zero-order chi connectivity index (χ0) is 22.0. The summed E-state index contributed by atoms with van der Waals surface area (Å²) in [4.78, 5) is 28.6. The van der Waals surface area contributed by atoms with Crippen molar-refractivity contribution in [2.24, 2.45) is 0 Å². The highest BCUT2D eigenvalue weighted by Crippen LogP contribution is 2.20. The van der Waals surface area contributed by atoms with Crippen LogP contribution in [0.4, 0.5) is 5.95 Å². The summed E-state index contributed by atoms with van der Waals surface area (Å²) >= 11 is 0. The first kappa shape index (κ1) is 20.9. The van der Waals surface area contributed by atoms with Crippen LogP contribution in [0.25, 0.3) is 16.8 Å². The second kappa shape index (κ2) is 8.81. The Morgan fingerprint density at radius 1 is 1.10 bits per heavy atom. The Bertz CT molecular complexity index is 1220. The van der Waals surface area contributed by atoms with Gasteiger partial charge >= 0.3 is 0 Å². The maximum Gasteiger partial charge on any atom is 0.252 e. The molecule has 0 aliphatic carbocycles. The number of fused-ring (bicyclic) bond motifs is 2. The van der Waals surface area contributed by atoms with E-state index in [0.29, 0.717) is 17.6 Å². The van der Waals surface area contributed by atoms with E-state index < -0.39 is 0 Å². The molecule has 3 heterocycles. The Morgan fingerprint density at radius 3 is 2.65 bits per heavy atom. The molecule has 0 spiro atoms. The van der Waals surface area contributed by atoms with Crippen LogP contribution in [-0.2, 0) is 17.8 Å². The fraction of sp³-hybridized carbons (Fsp3) is 0.409. The van der Waals surface area contributed by atoms with E-state index in [1.54, 1.807) is 4.52 Å². The zero-order valence-corrected chi connectivity index (χ0v) is 18.5. The van der Waals surface area contributed by atoms with Crippen LogP contribution in [0.3, 0.4) is 0 Å². The number of amides is 1. The molecule has 1 aromatic carbocycles. The number of hydrogen-bond acceptors (Lipinski definition) is 6. The molecule has 9 nitrogen and oxygen atoms in total. The first-order chi connectivity index (χ1) is 15.0. The highest BCUT2D eigenvalue weighted by molar-refractivity contribution is 5.92. The van der Waals surface area contributed by atoms with Gasteiger partial charge in [0, 0.05) is 24.5 Å². The highest BCUT2D eigenvalue weighted by Gasteiger charge is 2.16. The predicted octanol–water partition coefficient (Wildman–Crippen LogP) is 2.61. The third-order valence-electron chi connectivity index (χ3n) is 5.42. The average Bonchev–Trinajstić information content (AvgIpc) is 3.29. The monoisotopic (exact) mass is 420 g/mol. The summed E-state index contributed by atoms with van der Waals surface area (Å²) < 4.78 is 3.73. The van der Waals surface area contributed by atoms with Crippen molar-refractivity contribution in [2.45, 2.75) is 40.7 Å². The summed E-state index contributed by atoms with van der Waals surface area (Å²) in [6.07, 6.45) is 0.0566. The molecular formula is C22H28N8O. The number of anilines is 1. The van der Waals surface area contributed by atoms with Crippen LogP contribution in [-0.4, -0.2) is 59.6 Å². The number of benzene rings is 1. The van der Waals surface area contributed by atoms with Gasteiger partial charge in [0.1, 0.15) is 0 Å². The number of nitrogens with one attached hydrogen (secondary N) is 1. The molecule has 162 valence electrons. The second-order valence-electron chi connectivity index (χ2n) is 7.61. The molecular weight excluding hydrogens is 392 g/mol. The number of aromatic nitrogens is 6. The maximum atomic E-state index is 12.8. The minimum atomic E-state index is -0.204. The van der Waals surface area contributed by atoms with Crippen molar-refractivity contribution in [1.29, 1.82) is 0 Å². The summed E-state index contributed by atoms with van der Waals surface area (Å²) in [7, 11) is 0. The largest absolute Gasteiger partial charge is 0.309 e. The summed E-state index contributed by atoms with van der Waals surface area (Å²) in [5.74, 6) is 1.29. The minimum Gasteiger partial charge on any atom is -0.309 e. The van der Waals surface area contributed by atoms with Gasteiger partial charge in [-0.05, 0) is 45.1 Å². The topological polar surface area (TPSA) is 93.2 Å². The molecule has 0 bridgehead atoms. The minimum absolute atomic E-state index is 0.0566. The van der Waals surface area contributed by atoms with E-state index in [2.05, 4.69) is 48.7 Å². The number of rotatable bonds is 8. The zero-order valence-electron chi connectivity index (χ0n) is 18.5. The summed E-state index contributed by atoms with van der Waals surface area (Å²) in [5, 5.41) is 7.39. The number of nitrogens with zero attached hydrogens (tertiary/aromatic N) is 7. The van der Waals surface area contributed by atoms with Crippen LogP contribution in [0.15, 0.2) is 30.3 Å². The maximum absolute atomic E-state index is 12.8. The van der Waals surface area contributed by atoms with E-state index in [9.17, 15) is 4.79 Å². The van der Waals surface area contributed by atoms with Gasteiger partial charge in [0.15, 0.2) is 5.82 Å². The lowest BCUT2D eigenvalue weighted by Crippen LogP contribution is -2.28. The summed E-state index contributed by atoms with van der Waals surface area (Å²) in [6.45, 7) is 11.8. The first-order valence-corrected chi connectivity index (χ1v) is 10.7. The van der Waals surface area contributed by atoms with E-state index in [-0.39, 0.29) is 12.3 Å². The predicted molar refractivity (Wildman–Crippen MR) is 120 cm³/mol. The van der Waals surface area contributed by atoms with Crippen LogP contribution in [0.5, 0.6) is 0 Å². The summed E-state index contributed by atoms with van der Waals surface area (Å²) in [5.41, 5.74) is 3.67. The molecule has 0 unspecified atom stereocenters. The van der Waals surface area contributed by atoms with Crippen molar-refractivity contribution in [1.82, 2.24) is 34.0 Å². The first-order valence-electron chi connectivity index (χ1n) is 10.7. The van der Waals surface area contributed by atoms with Crippen molar-refractivity contribution in [3.05, 3.63) is 47.5 Å². The van der Waals surface area contributed by atoms with Gasteiger partial charge in [-0.3, -0.25) is 10.1 Å². The number of hydrogen-bond donors (Lipinski definition) is 1. The molecule has 3 aromatic heterocycles. The molecule has 0 saturated heterocycles. The molecule has 31 heavy (non-hydrogen) atoms. The lowest BCUT2D eigenvalue weighted by atomic mass is 10.3. The molecule has 0 radical (unpaired) electrons. The van der Waals surface area contributed by atoms with Crippen molar-refractivity contribution in [3.63, 3.8) is 0 Å². The van der Waals surface area contributed by atoms with E-state index in [1.807, 2.05) is 44.2 Å². The average molecular weight is 421 g/mol. The van der Waals surface area contributed by atoms with Gasteiger partial charge in [-0.25, -0.2) is 14.5 Å². The van der Waals surface area contributed by atoms with Gasteiger partial charge in [0.25, 0.3) is 5.78 Å². The highest BCUT2D eigenvalue weighted by atomic mass is 16.1. The Labute approximate surface area is 181 Å². The number of carbonyl (C=O) groups is 1. The van der Waals surface area contributed by atoms with Crippen molar-refractivity contribution in [3.8, 4) is 0 Å².